The van der Waals surface area contributed by atoms with Crippen LogP contribution in [0.3, 0.4) is 0 Å². The Morgan fingerprint density at radius 3 is 1.86 bits per heavy atom. The third-order valence-corrected chi connectivity index (χ3v) is 4.79. The van der Waals surface area contributed by atoms with Crippen molar-refractivity contribution < 1.29 is 18.6 Å². The summed E-state index contributed by atoms with van der Waals surface area (Å²) in [5.41, 5.74) is 2.20. The Kier molecular flexibility index (Phi) is 4.96. The lowest BCUT2D eigenvalue weighted by molar-refractivity contribution is 0.326. The monoisotopic (exact) mass is 388 g/mol. The SMILES string of the molecule is COc1cc2oc(-c3ccccc3)c(-c3ccccc3)c(=O)c2c(OC)c1OC. The normalized spacial score (nSPS) is 10.7. The minimum absolute atomic E-state index is 0.200. The largest absolute Gasteiger partial charge is 0.493 e. The van der Waals surface area contributed by atoms with Gasteiger partial charge in [0.15, 0.2) is 11.5 Å². The van der Waals surface area contributed by atoms with E-state index in [2.05, 4.69) is 0 Å². The van der Waals surface area contributed by atoms with Gasteiger partial charge in [-0.2, -0.15) is 0 Å². The number of methoxy groups -OCH3 is 3. The quantitative estimate of drug-likeness (QED) is 0.473. The molecule has 1 aromatic heterocycles. The Hall–Kier alpha value is -3.73. The molecule has 0 saturated heterocycles. The summed E-state index contributed by atoms with van der Waals surface area (Å²) in [5.74, 6) is 1.55. The molecule has 0 atom stereocenters. The number of rotatable bonds is 5. The number of ether oxygens (including phenoxy) is 3. The van der Waals surface area contributed by atoms with Crippen molar-refractivity contribution in [1.82, 2.24) is 0 Å². The van der Waals surface area contributed by atoms with Gasteiger partial charge >= 0.3 is 0 Å². The van der Waals surface area contributed by atoms with E-state index in [0.29, 0.717) is 33.8 Å². The topological polar surface area (TPSA) is 57.9 Å². The molecule has 0 amide bonds. The van der Waals surface area contributed by atoms with Crippen molar-refractivity contribution in [2.24, 2.45) is 0 Å². The molecule has 4 aromatic rings. The molecule has 0 bridgehead atoms. The molecule has 4 rings (SSSR count). The zero-order valence-electron chi connectivity index (χ0n) is 16.4. The van der Waals surface area contributed by atoms with Crippen LogP contribution in [0.2, 0.25) is 0 Å². The highest BCUT2D eigenvalue weighted by Crippen LogP contribution is 2.44. The molecule has 0 spiro atoms. The minimum Gasteiger partial charge on any atom is -0.493 e. The van der Waals surface area contributed by atoms with Gasteiger partial charge in [-0.3, -0.25) is 4.79 Å². The van der Waals surface area contributed by atoms with Crippen LogP contribution in [0.4, 0.5) is 0 Å². The summed E-state index contributed by atoms with van der Waals surface area (Å²) in [5, 5.41) is 0.309. The van der Waals surface area contributed by atoms with Crippen LogP contribution >= 0.6 is 0 Å². The Labute approximate surface area is 168 Å². The lowest BCUT2D eigenvalue weighted by atomic mass is 9.98. The van der Waals surface area contributed by atoms with E-state index in [4.69, 9.17) is 18.6 Å². The van der Waals surface area contributed by atoms with Crippen LogP contribution in [-0.4, -0.2) is 21.3 Å². The predicted molar refractivity (Wildman–Crippen MR) is 113 cm³/mol. The molecule has 29 heavy (non-hydrogen) atoms. The molecule has 5 heteroatoms. The second kappa shape index (κ2) is 7.72. The first-order valence-electron chi connectivity index (χ1n) is 9.10. The van der Waals surface area contributed by atoms with Gasteiger partial charge in [0, 0.05) is 11.6 Å². The molecule has 0 N–H and O–H groups in total. The van der Waals surface area contributed by atoms with Crippen molar-refractivity contribution in [3.63, 3.8) is 0 Å². The van der Waals surface area contributed by atoms with Gasteiger partial charge in [0.05, 0.1) is 26.9 Å². The summed E-state index contributed by atoms with van der Waals surface area (Å²) in [6, 6.07) is 20.7. The molecule has 3 aromatic carbocycles. The van der Waals surface area contributed by atoms with E-state index in [9.17, 15) is 4.79 Å². The van der Waals surface area contributed by atoms with E-state index in [1.807, 2.05) is 60.7 Å². The average molecular weight is 388 g/mol. The zero-order valence-corrected chi connectivity index (χ0v) is 16.4. The first kappa shape index (κ1) is 18.6. The van der Waals surface area contributed by atoms with E-state index < -0.39 is 0 Å². The van der Waals surface area contributed by atoms with Gasteiger partial charge in [-0.15, -0.1) is 0 Å². The fourth-order valence-electron chi connectivity index (χ4n) is 3.48. The molecule has 0 radical (unpaired) electrons. The third kappa shape index (κ3) is 3.10. The summed E-state index contributed by atoms with van der Waals surface area (Å²) in [7, 11) is 4.52. The first-order valence-corrected chi connectivity index (χ1v) is 9.10. The van der Waals surface area contributed by atoms with Gasteiger partial charge in [-0.05, 0) is 5.56 Å². The maximum Gasteiger partial charge on any atom is 0.205 e. The van der Waals surface area contributed by atoms with Crippen molar-refractivity contribution >= 4 is 11.0 Å². The van der Waals surface area contributed by atoms with Gasteiger partial charge in [-0.25, -0.2) is 0 Å². The van der Waals surface area contributed by atoms with E-state index in [-0.39, 0.29) is 11.2 Å². The van der Waals surface area contributed by atoms with Crippen LogP contribution in [0.5, 0.6) is 17.2 Å². The van der Waals surface area contributed by atoms with Gasteiger partial charge < -0.3 is 18.6 Å². The number of fused-ring (bicyclic) bond motifs is 1. The molecule has 0 aliphatic carbocycles. The Morgan fingerprint density at radius 2 is 1.31 bits per heavy atom. The Morgan fingerprint density at radius 1 is 0.724 bits per heavy atom. The van der Waals surface area contributed by atoms with Crippen molar-refractivity contribution in [2.45, 2.75) is 0 Å². The molecule has 0 saturated carbocycles. The van der Waals surface area contributed by atoms with E-state index in [1.165, 1.54) is 21.3 Å². The van der Waals surface area contributed by atoms with Crippen molar-refractivity contribution in [1.29, 1.82) is 0 Å². The fourth-order valence-corrected chi connectivity index (χ4v) is 3.48. The zero-order chi connectivity index (χ0) is 20.4. The van der Waals surface area contributed by atoms with Crippen LogP contribution in [0.15, 0.2) is 75.9 Å². The summed E-state index contributed by atoms with van der Waals surface area (Å²) < 4.78 is 22.7. The van der Waals surface area contributed by atoms with Crippen molar-refractivity contribution in [3.8, 4) is 39.7 Å². The van der Waals surface area contributed by atoms with E-state index in [0.717, 1.165) is 11.1 Å². The highest BCUT2D eigenvalue weighted by Gasteiger charge is 2.24. The highest BCUT2D eigenvalue weighted by molar-refractivity contribution is 5.95. The second-order valence-electron chi connectivity index (χ2n) is 6.39. The van der Waals surface area contributed by atoms with Crippen LogP contribution in [-0.2, 0) is 0 Å². The van der Waals surface area contributed by atoms with E-state index >= 15 is 0 Å². The standard InChI is InChI=1S/C24H20O5/c1-26-18-14-17-20(24(28-3)23(18)27-2)21(25)19(15-10-6-4-7-11-15)22(29-17)16-12-8-5-9-13-16/h4-14H,1-3H3. The van der Waals surface area contributed by atoms with E-state index in [1.54, 1.807) is 6.07 Å². The smallest absolute Gasteiger partial charge is 0.205 e. The maximum absolute atomic E-state index is 13.7. The van der Waals surface area contributed by atoms with Gasteiger partial charge in [0.25, 0.3) is 0 Å². The lowest BCUT2D eigenvalue weighted by Gasteiger charge is -2.16. The molecule has 0 aliphatic rings. The molecule has 1 heterocycles. The lowest BCUT2D eigenvalue weighted by Crippen LogP contribution is -2.10. The molecule has 146 valence electrons. The number of hydrogen-bond acceptors (Lipinski definition) is 5. The molecule has 0 aliphatic heterocycles. The molecular formula is C24H20O5. The van der Waals surface area contributed by atoms with Crippen molar-refractivity contribution in [2.75, 3.05) is 21.3 Å². The van der Waals surface area contributed by atoms with Crippen LogP contribution in [0.1, 0.15) is 0 Å². The molecule has 0 unspecified atom stereocenters. The molecule has 5 nitrogen and oxygen atoms in total. The summed E-state index contributed by atoms with van der Waals surface area (Å²) in [4.78, 5) is 13.7. The molecule has 0 fully saturated rings. The van der Waals surface area contributed by atoms with Gasteiger partial charge in [0.1, 0.15) is 16.7 Å². The summed E-state index contributed by atoms with van der Waals surface area (Å²) >= 11 is 0. The summed E-state index contributed by atoms with van der Waals surface area (Å²) in [6.07, 6.45) is 0. The Balaban J connectivity index is 2.19. The second-order valence-corrected chi connectivity index (χ2v) is 6.39. The number of benzene rings is 3. The molecular weight excluding hydrogens is 368 g/mol. The van der Waals surface area contributed by atoms with Crippen LogP contribution in [0.25, 0.3) is 33.4 Å². The average Bonchev–Trinajstić information content (AvgIpc) is 2.78. The fraction of sp³-hybridized carbons (Fsp3) is 0.125. The minimum atomic E-state index is -0.200. The maximum atomic E-state index is 13.7. The first-order chi connectivity index (χ1) is 14.2. The summed E-state index contributed by atoms with van der Waals surface area (Å²) in [6.45, 7) is 0. The third-order valence-electron chi connectivity index (χ3n) is 4.79. The number of hydrogen-bond donors (Lipinski definition) is 0. The van der Waals surface area contributed by atoms with Gasteiger partial charge in [0.2, 0.25) is 11.2 Å². The van der Waals surface area contributed by atoms with Crippen molar-refractivity contribution in [3.05, 3.63) is 77.0 Å². The van der Waals surface area contributed by atoms with Crippen LogP contribution in [0, 0.1) is 0 Å². The van der Waals surface area contributed by atoms with Crippen LogP contribution < -0.4 is 19.6 Å². The van der Waals surface area contributed by atoms with Gasteiger partial charge in [-0.1, -0.05) is 60.7 Å². The Bertz CT molecular complexity index is 1210. The predicted octanol–water partition coefficient (Wildman–Crippen LogP) is 5.15. The highest BCUT2D eigenvalue weighted by atomic mass is 16.5.